The van der Waals surface area contributed by atoms with Crippen LogP contribution in [0.1, 0.15) is 180 Å². The number of ether oxygens (including phenoxy) is 2. The Balaban J connectivity index is 0.000000228. The van der Waals surface area contributed by atoms with E-state index in [-0.39, 0.29) is 84.1 Å². The van der Waals surface area contributed by atoms with E-state index in [0.717, 1.165) is 43.7 Å². The van der Waals surface area contributed by atoms with Crippen LogP contribution in [0.2, 0.25) is 39.3 Å². The van der Waals surface area contributed by atoms with E-state index >= 15 is 0 Å². The number of para-hydroxylation sites is 2. The Kier molecular flexibility index (Phi) is 26.7. The maximum absolute atomic E-state index is 12.9. The second kappa shape index (κ2) is 32.0. The van der Waals surface area contributed by atoms with Gasteiger partial charge in [-0.05, 0) is 197 Å². The van der Waals surface area contributed by atoms with Gasteiger partial charge >= 0.3 is 51.3 Å². The number of nitrogens with one attached hydrogen (secondary N) is 4. The van der Waals surface area contributed by atoms with Crippen molar-refractivity contribution < 1.29 is 71.6 Å². The van der Waals surface area contributed by atoms with E-state index in [9.17, 15) is 29.0 Å². The summed E-state index contributed by atoms with van der Waals surface area (Å²) in [5.41, 5.74) is 0.500. The number of nitrogens with zero attached hydrogens (tertiary/aromatic N) is 1. The molecule has 3 heterocycles. The number of esters is 2. The number of rotatable bonds is 21. The number of benzene rings is 2. The molecule has 20 nitrogen and oxygen atoms in total. The lowest BCUT2D eigenvalue weighted by Crippen LogP contribution is -2.67. The first-order valence-corrected chi connectivity index (χ1v) is 41.6. The van der Waals surface area contributed by atoms with Crippen molar-refractivity contribution in [2.24, 2.45) is 46.3 Å². The van der Waals surface area contributed by atoms with Crippen LogP contribution in [0.15, 0.2) is 67.2 Å². The van der Waals surface area contributed by atoms with Gasteiger partial charge in [-0.25, -0.2) is 14.4 Å². The van der Waals surface area contributed by atoms with Crippen LogP contribution in [0.25, 0.3) is 0 Å². The van der Waals surface area contributed by atoms with E-state index in [1.54, 1.807) is 24.3 Å². The molecule has 528 valence electrons. The molecule has 9 fully saturated rings. The van der Waals surface area contributed by atoms with Gasteiger partial charge in [0.15, 0.2) is 0 Å². The maximum atomic E-state index is 12.9. The van der Waals surface area contributed by atoms with Gasteiger partial charge in [0.05, 0.1) is 47.8 Å². The Morgan fingerprint density at radius 3 is 1.48 bits per heavy atom. The van der Waals surface area contributed by atoms with Crippen LogP contribution in [0.3, 0.4) is 0 Å². The lowest BCUT2D eigenvalue weighted by molar-refractivity contribution is -0.199. The smallest absolute Gasteiger partial charge is 0.481 e. The molecule has 2 aromatic rings. The number of urea groups is 2. The van der Waals surface area contributed by atoms with Gasteiger partial charge in [-0.15, -0.1) is 0 Å². The summed E-state index contributed by atoms with van der Waals surface area (Å²) in [7, 11) is -5.22. The molecule has 95 heavy (non-hydrogen) atoms. The van der Waals surface area contributed by atoms with Crippen LogP contribution in [0, 0.1) is 46.3 Å². The quantitative estimate of drug-likeness (QED) is 0.0386. The highest BCUT2D eigenvalue weighted by Gasteiger charge is 2.70. The second-order valence-electron chi connectivity index (χ2n) is 33.5. The van der Waals surface area contributed by atoms with Crippen LogP contribution in [0.4, 0.5) is 21.0 Å². The number of hydrogen-bond acceptors (Lipinski definition) is 15. The Morgan fingerprint density at radius 2 is 1.07 bits per heavy atom. The highest BCUT2D eigenvalue weighted by atomic mass is 28.4. The summed E-state index contributed by atoms with van der Waals surface area (Å²) in [4.78, 5) is 68.7. The average Bonchev–Trinajstić information content (AvgIpc) is 1.66. The molecular weight excluding hydrogens is 1240 g/mol. The molecule has 0 aromatic heterocycles. The Hall–Kier alpha value is -4.81. The van der Waals surface area contributed by atoms with Gasteiger partial charge in [-0.3, -0.25) is 14.4 Å². The Bertz CT molecular complexity index is 2910. The molecule has 0 spiro atoms. The van der Waals surface area contributed by atoms with Crippen LogP contribution in [-0.4, -0.2) is 147 Å². The Morgan fingerprint density at radius 1 is 0.653 bits per heavy atom. The van der Waals surface area contributed by atoms with Gasteiger partial charge in [0, 0.05) is 30.2 Å². The van der Waals surface area contributed by atoms with Crippen molar-refractivity contribution in [1.29, 1.82) is 0 Å². The third-order valence-electron chi connectivity index (χ3n) is 20.7. The summed E-state index contributed by atoms with van der Waals surface area (Å²) < 4.78 is 46.2. The normalized spacial score (nSPS) is 28.1. The monoisotopic (exact) mass is 1360 g/mol. The van der Waals surface area contributed by atoms with Crippen molar-refractivity contribution in [2.75, 3.05) is 10.6 Å². The summed E-state index contributed by atoms with van der Waals surface area (Å²) in [5.74, 6) is 2.13. The molecule has 2 aromatic carbocycles. The molecule has 0 unspecified atom stereocenters. The molecule has 6 aliphatic carbocycles. The van der Waals surface area contributed by atoms with E-state index in [0.29, 0.717) is 61.0 Å². The third-order valence-corrected chi connectivity index (χ3v) is 28.3. The van der Waals surface area contributed by atoms with Gasteiger partial charge < -0.3 is 68.4 Å². The van der Waals surface area contributed by atoms with Crippen molar-refractivity contribution in [3.8, 4) is 0 Å². The zero-order chi connectivity index (χ0) is 71.0. The molecular formula is C70H116B3N5O15Si2. The van der Waals surface area contributed by atoms with Crippen molar-refractivity contribution in [2.45, 2.75) is 278 Å². The lowest BCUT2D eigenvalue weighted by atomic mass is 9.43. The number of hydrogen-bond donors (Lipinski definition) is 6. The van der Waals surface area contributed by atoms with E-state index in [1.807, 2.05) is 84.9 Å². The predicted octanol–water partition coefficient (Wildman–Crippen LogP) is 13.2. The van der Waals surface area contributed by atoms with Gasteiger partial charge in [-0.2, -0.15) is 0 Å². The van der Waals surface area contributed by atoms with Crippen LogP contribution < -0.4 is 21.3 Å². The number of carbonyl (C=O) groups excluding carboxylic acids is 5. The minimum atomic E-state index is -1.65. The molecule has 0 radical (unpaired) electrons. The fraction of sp³-hybridized carbons (Fsp3) is 0.729. The van der Waals surface area contributed by atoms with Gasteiger partial charge in [0.25, 0.3) is 0 Å². The van der Waals surface area contributed by atoms with Crippen LogP contribution in [0.5, 0.6) is 0 Å². The minimum Gasteiger partial charge on any atom is -0.481 e. The molecule has 14 atom stereocenters. The predicted molar refractivity (Wildman–Crippen MR) is 381 cm³/mol. The summed E-state index contributed by atoms with van der Waals surface area (Å²) in [6, 6.07) is 17.6. The molecule has 4 bridgehead atoms. The standard InChI is InChI=1S/C28H43BN2O5.C27H54BNO4Si2.C13H17BN2O5.C2H2O/c1-18(15-24(32)34-26(2,3)4)13-14-23(31-25(33)30-20-11-9-8-10-12-20)29-35-22-17-19-16-21(27(19,5)6)28(22,7)36-29;1-19(16-24(30)31-25(2,3)4)14-15-23(29(34(8,9)10)35(11,12)13)28-32-22-18-20-17-21(26(20,5)6)27(22,7)33-28;17-12(18)8-10-6-7-11(14(20)21-10)16-13(19)15-9-4-2-1-3-5-9;1-2-3/h8-12,18-19,21-23H,13-17H2,1-7H3,(H2,30,31,33);19-23H,14-18H2,1-13H3;1-5,10-11,20H,6-8H2,(H,17,18)(H2,15,16,19);1H2/t18-,19-,21-,22+,23-,28-;19-,20-,21-,22+,23-,27-;10-,11-;/m000./s1. The van der Waals surface area contributed by atoms with Gasteiger partial charge in [-0.1, -0.05) is 117 Å². The zero-order valence-corrected chi connectivity index (χ0v) is 63.0. The average molecular weight is 1360 g/mol. The first kappa shape index (κ1) is 79.2. The topological polar surface area (TPSA) is 259 Å². The fourth-order valence-electron chi connectivity index (χ4n) is 16.3. The summed E-state index contributed by atoms with van der Waals surface area (Å²) in [6.45, 7) is 47.2. The number of carboxylic acid groups (broad SMARTS) is 1. The number of amides is 4. The van der Waals surface area contributed by atoms with Crippen molar-refractivity contribution in [3.63, 3.8) is 0 Å². The fourth-order valence-corrected chi connectivity index (χ4v) is 26.9. The second-order valence-corrected chi connectivity index (χ2v) is 43.6. The highest BCUT2D eigenvalue weighted by molar-refractivity contribution is 6.90. The molecule has 11 rings (SSSR count). The van der Waals surface area contributed by atoms with Crippen molar-refractivity contribution in [3.05, 3.63) is 67.2 Å². The molecule has 3 aliphatic heterocycles. The highest BCUT2D eigenvalue weighted by Crippen LogP contribution is 2.67. The SMILES string of the molecule is C=C=O.C[C@@H](CC[C@@H](B1O[C@@H]2C[C@@H]3C[C@@H](C3(C)C)[C@]2(C)O1)N([Si](C)(C)C)[Si](C)(C)C)CC(=O)OC(C)(C)C.C[C@@H](CC[C@H](NC(=O)Nc1ccccc1)B1O[C@@H]2C[C@@H]3C[C@@H](C3(C)C)[C@]2(C)O1)CC(=O)OC(C)(C)C.O=C(O)C[C@@H]1CC[C@H](NC(=O)Nc2ccccc2)B(O)O1. The van der Waals surface area contributed by atoms with Crippen molar-refractivity contribution >= 4 is 85.1 Å². The van der Waals surface area contributed by atoms with Gasteiger partial charge in [0.1, 0.15) is 33.6 Å². The number of carbonyl (C=O) groups is 5. The van der Waals surface area contributed by atoms with Crippen LogP contribution in [-0.2, 0) is 51.9 Å². The zero-order valence-electron chi connectivity index (χ0n) is 61.0. The lowest BCUT2D eigenvalue weighted by Gasteiger charge is -2.64. The van der Waals surface area contributed by atoms with Crippen LogP contribution >= 0.6 is 0 Å². The number of anilines is 2. The molecule has 4 amide bonds. The van der Waals surface area contributed by atoms with E-state index < -0.39 is 66.0 Å². The summed E-state index contributed by atoms with van der Waals surface area (Å²) in [6.07, 6.45) is 9.21. The molecule has 6 saturated carbocycles. The molecule has 6 N–H and O–H groups in total. The van der Waals surface area contributed by atoms with E-state index in [2.05, 4.69) is 120 Å². The van der Waals surface area contributed by atoms with Crippen molar-refractivity contribution in [1.82, 2.24) is 14.9 Å². The number of aliphatic carboxylic acids is 1. The largest absolute Gasteiger partial charge is 0.481 e. The molecule has 9 aliphatic rings. The van der Waals surface area contributed by atoms with E-state index in [4.69, 9.17) is 42.6 Å². The number of carboxylic acids is 1. The van der Waals surface area contributed by atoms with Gasteiger partial charge in [0.2, 0.25) is 0 Å². The van der Waals surface area contributed by atoms with E-state index in [1.165, 1.54) is 18.8 Å². The minimum absolute atomic E-state index is 0.0416. The first-order chi connectivity index (χ1) is 43.9. The Labute approximate surface area is 571 Å². The molecule has 25 heteroatoms. The molecule has 3 saturated heterocycles. The summed E-state index contributed by atoms with van der Waals surface area (Å²) in [5, 5.41) is 29.8. The summed E-state index contributed by atoms with van der Waals surface area (Å²) >= 11 is 0. The third kappa shape index (κ3) is 21.4. The maximum Gasteiger partial charge on any atom is 0.481 e. The first-order valence-electron chi connectivity index (χ1n) is 34.7.